The van der Waals surface area contributed by atoms with Crippen LogP contribution in [0.5, 0.6) is 0 Å². The first-order valence-electron chi connectivity index (χ1n) is 6.55. The van der Waals surface area contributed by atoms with Crippen molar-refractivity contribution in [1.82, 2.24) is 4.90 Å². The number of fused-ring (bicyclic) bond motifs is 2. The number of piperidine rings is 1. The van der Waals surface area contributed by atoms with E-state index in [1.165, 1.54) is 5.56 Å². The zero-order valence-corrected chi connectivity index (χ0v) is 11.7. The Kier molecular flexibility index (Phi) is 2.76. The van der Waals surface area contributed by atoms with Crippen LogP contribution in [0.15, 0.2) is 12.1 Å². The molecular weight excluding hydrogens is 246 g/mol. The maximum Gasteiger partial charge on any atom is 0.165 e. The second kappa shape index (κ2) is 4.07. The summed E-state index contributed by atoms with van der Waals surface area (Å²) in [5.74, 6) is 0.239. The van der Waals surface area contributed by atoms with Crippen LogP contribution >= 0.6 is 11.6 Å². The van der Waals surface area contributed by atoms with Gasteiger partial charge in [-0.15, -0.1) is 0 Å². The lowest BCUT2D eigenvalue weighted by Crippen LogP contribution is -2.39. The van der Waals surface area contributed by atoms with Crippen molar-refractivity contribution in [2.45, 2.75) is 31.6 Å². The zero-order valence-electron chi connectivity index (χ0n) is 10.9. The predicted molar refractivity (Wildman–Crippen MR) is 73.5 cm³/mol. The van der Waals surface area contributed by atoms with Crippen LogP contribution in [0.4, 0.5) is 0 Å². The number of Topliss-reactive ketones (excluding diaryl/α,β-unsaturated/α-hetero) is 1. The van der Waals surface area contributed by atoms with Gasteiger partial charge in [0.05, 0.1) is 5.02 Å². The average Bonchev–Trinajstić information content (AvgIpc) is 2.62. The number of hydrogen-bond donors (Lipinski definition) is 0. The Morgan fingerprint density at radius 3 is 2.61 bits per heavy atom. The molecule has 1 saturated heterocycles. The minimum atomic E-state index is 0.0657. The average molecular weight is 264 g/mol. The Bertz CT molecular complexity index is 515. The monoisotopic (exact) mass is 263 g/mol. The molecule has 1 aromatic rings. The van der Waals surface area contributed by atoms with Crippen molar-refractivity contribution in [3.63, 3.8) is 0 Å². The van der Waals surface area contributed by atoms with Crippen LogP contribution in [-0.4, -0.2) is 30.8 Å². The molecular formula is C15H18ClNO. The topological polar surface area (TPSA) is 20.3 Å². The maximum atomic E-state index is 12.3. The summed E-state index contributed by atoms with van der Waals surface area (Å²) in [6.45, 7) is 4.10. The van der Waals surface area contributed by atoms with E-state index in [1.54, 1.807) is 0 Å². The van der Waals surface area contributed by atoms with E-state index in [0.29, 0.717) is 11.4 Å². The molecule has 18 heavy (non-hydrogen) atoms. The number of carbonyl (C=O) groups is 1. The van der Waals surface area contributed by atoms with Gasteiger partial charge in [0.2, 0.25) is 0 Å². The maximum absolute atomic E-state index is 12.3. The van der Waals surface area contributed by atoms with E-state index in [9.17, 15) is 4.79 Å². The number of likely N-dealkylation sites (tertiary alicyclic amines) is 1. The third-order valence-corrected chi connectivity index (χ3v) is 5.12. The predicted octanol–water partition coefficient (Wildman–Crippen LogP) is 3.20. The molecule has 3 rings (SSSR count). The van der Waals surface area contributed by atoms with Crippen LogP contribution < -0.4 is 0 Å². The summed E-state index contributed by atoms with van der Waals surface area (Å²) >= 11 is 6.33. The Balaban J connectivity index is 2.10. The second-order valence-corrected chi connectivity index (χ2v) is 6.18. The highest BCUT2D eigenvalue weighted by molar-refractivity contribution is 6.35. The molecule has 0 unspecified atom stereocenters. The third kappa shape index (κ3) is 1.63. The number of benzene rings is 1. The molecule has 1 aliphatic carbocycles. The molecule has 0 saturated carbocycles. The highest BCUT2D eigenvalue weighted by Crippen LogP contribution is 2.48. The van der Waals surface area contributed by atoms with Gasteiger partial charge in [-0.05, 0) is 51.0 Å². The minimum Gasteiger partial charge on any atom is -0.306 e. The molecule has 96 valence electrons. The largest absolute Gasteiger partial charge is 0.306 e. The summed E-state index contributed by atoms with van der Waals surface area (Å²) < 4.78 is 0. The molecule has 0 aromatic heterocycles. The molecule has 1 spiro atoms. The van der Waals surface area contributed by atoms with Gasteiger partial charge < -0.3 is 4.90 Å². The molecule has 0 N–H and O–H groups in total. The molecule has 0 radical (unpaired) electrons. The molecule has 0 atom stereocenters. The van der Waals surface area contributed by atoms with E-state index in [4.69, 9.17) is 11.6 Å². The number of aryl methyl sites for hydroxylation is 1. The minimum absolute atomic E-state index is 0.0657. The summed E-state index contributed by atoms with van der Waals surface area (Å²) in [6, 6.07) is 4.19. The first kappa shape index (κ1) is 12.2. The van der Waals surface area contributed by atoms with Gasteiger partial charge in [-0.3, -0.25) is 4.79 Å². The van der Waals surface area contributed by atoms with Crippen molar-refractivity contribution < 1.29 is 4.79 Å². The molecule has 3 heteroatoms. The molecule has 2 aliphatic rings. The number of rotatable bonds is 0. The Labute approximate surface area is 113 Å². The van der Waals surface area contributed by atoms with Gasteiger partial charge in [-0.25, -0.2) is 0 Å². The second-order valence-electron chi connectivity index (χ2n) is 5.80. The van der Waals surface area contributed by atoms with Crippen molar-refractivity contribution >= 4 is 17.4 Å². The van der Waals surface area contributed by atoms with Gasteiger partial charge in [0.15, 0.2) is 5.78 Å². The zero-order chi connectivity index (χ0) is 12.9. The van der Waals surface area contributed by atoms with E-state index < -0.39 is 0 Å². The van der Waals surface area contributed by atoms with Crippen molar-refractivity contribution in [3.05, 3.63) is 33.8 Å². The highest BCUT2D eigenvalue weighted by atomic mass is 35.5. The van der Waals surface area contributed by atoms with E-state index >= 15 is 0 Å². The molecule has 0 bridgehead atoms. The lowest BCUT2D eigenvalue weighted by Gasteiger charge is -2.38. The lowest BCUT2D eigenvalue weighted by atomic mass is 9.74. The fraction of sp³-hybridized carbons (Fsp3) is 0.533. The Hall–Kier alpha value is -0.860. The van der Waals surface area contributed by atoms with Crippen LogP contribution in [0.25, 0.3) is 0 Å². The van der Waals surface area contributed by atoms with E-state index in [2.05, 4.69) is 24.1 Å². The van der Waals surface area contributed by atoms with Crippen LogP contribution in [0.2, 0.25) is 5.02 Å². The fourth-order valence-electron chi connectivity index (χ4n) is 3.38. The molecule has 1 fully saturated rings. The van der Waals surface area contributed by atoms with Gasteiger partial charge in [0.1, 0.15) is 0 Å². The van der Waals surface area contributed by atoms with Gasteiger partial charge >= 0.3 is 0 Å². The standard InChI is InChI=1S/C15H18ClNO/c1-10-3-4-11-13(14(10)16)12(18)9-15(11)5-7-17(2)8-6-15/h3-4H,5-9H2,1-2H3. The van der Waals surface area contributed by atoms with Crippen LogP contribution in [0, 0.1) is 6.92 Å². The van der Waals surface area contributed by atoms with E-state index in [0.717, 1.165) is 37.1 Å². The first-order chi connectivity index (χ1) is 8.53. The van der Waals surface area contributed by atoms with Gasteiger partial charge in [-0.1, -0.05) is 23.7 Å². The van der Waals surface area contributed by atoms with Crippen LogP contribution in [0.1, 0.15) is 40.7 Å². The summed E-state index contributed by atoms with van der Waals surface area (Å²) in [7, 11) is 2.15. The van der Waals surface area contributed by atoms with Gasteiger partial charge in [0, 0.05) is 17.4 Å². The van der Waals surface area contributed by atoms with Gasteiger partial charge in [0.25, 0.3) is 0 Å². The van der Waals surface area contributed by atoms with Gasteiger partial charge in [-0.2, -0.15) is 0 Å². The SMILES string of the molecule is Cc1ccc2c(c1Cl)C(=O)CC21CCN(C)CC1. The highest BCUT2D eigenvalue weighted by Gasteiger charge is 2.45. The fourth-order valence-corrected chi connectivity index (χ4v) is 3.65. The third-order valence-electron chi connectivity index (χ3n) is 4.63. The summed E-state index contributed by atoms with van der Waals surface area (Å²) in [5.41, 5.74) is 3.09. The number of hydrogen-bond acceptors (Lipinski definition) is 2. The number of nitrogens with zero attached hydrogens (tertiary/aromatic N) is 1. The Morgan fingerprint density at radius 2 is 1.94 bits per heavy atom. The first-order valence-corrected chi connectivity index (χ1v) is 6.93. The van der Waals surface area contributed by atoms with E-state index in [-0.39, 0.29) is 11.2 Å². The van der Waals surface area contributed by atoms with Crippen molar-refractivity contribution in [3.8, 4) is 0 Å². The van der Waals surface area contributed by atoms with Crippen molar-refractivity contribution in [1.29, 1.82) is 0 Å². The summed E-state index contributed by atoms with van der Waals surface area (Å²) in [6.07, 6.45) is 2.79. The number of halogens is 1. The number of carbonyl (C=O) groups excluding carboxylic acids is 1. The van der Waals surface area contributed by atoms with Crippen molar-refractivity contribution in [2.24, 2.45) is 0 Å². The van der Waals surface area contributed by atoms with Crippen LogP contribution in [-0.2, 0) is 5.41 Å². The smallest absolute Gasteiger partial charge is 0.165 e. The lowest BCUT2D eigenvalue weighted by molar-refractivity contribution is 0.0946. The van der Waals surface area contributed by atoms with Crippen LogP contribution in [0.3, 0.4) is 0 Å². The molecule has 1 aliphatic heterocycles. The van der Waals surface area contributed by atoms with Crippen molar-refractivity contribution in [2.75, 3.05) is 20.1 Å². The quantitative estimate of drug-likeness (QED) is 0.716. The van der Waals surface area contributed by atoms with E-state index in [1.807, 2.05) is 6.92 Å². The molecule has 0 amide bonds. The summed E-state index contributed by atoms with van der Waals surface area (Å²) in [5, 5.41) is 0.674. The number of ketones is 1. The normalized spacial score (nSPS) is 22.5. The Morgan fingerprint density at radius 1 is 1.28 bits per heavy atom. The summed E-state index contributed by atoms with van der Waals surface area (Å²) in [4.78, 5) is 14.6. The molecule has 1 aromatic carbocycles. The molecule has 1 heterocycles. The molecule has 2 nitrogen and oxygen atoms in total.